The smallest absolute Gasteiger partial charge is 0.244 e. The van der Waals surface area contributed by atoms with Gasteiger partial charge in [-0.1, -0.05) is 43.1 Å². The molecule has 9 nitrogen and oxygen atoms in total. The summed E-state index contributed by atoms with van der Waals surface area (Å²) in [5, 5.41) is 3.70. The van der Waals surface area contributed by atoms with Gasteiger partial charge in [-0.05, 0) is 56.5 Å². The van der Waals surface area contributed by atoms with Crippen molar-refractivity contribution in [2.24, 2.45) is 0 Å². The predicted molar refractivity (Wildman–Crippen MR) is 153 cm³/mol. The third-order valence-electron chi connectivity index (χ3n) is 6.54. The standard InChI is InChI=1S/C27H35Cl2N3O6S/c1-5-18(4)30-27(34)23(6-2)31(16-19-8-9-20(28)14-22(19)29)26(33)17-32(39(35,36)7-3)21-10-11-24-25(15-21)38-13-12-37-24/h8-11,14-15,18,23H,5-7,12-13,16-17H2,1-4H3,(H,30,34)/t18-,23-/m0/s1. The number of fused-ring (bicyclic) bond motifs is 1. The van der Waals surface area contributed by atoms with Gasteiger partial charge < -0.3 is 19.7 Å². The summed E-state index contributed by atoms with van der Waals surface area (Å²) in [5.41, 5.74) is 0.837. The Hall–Kier alpha value is -2.69. The molecule has 1 N–H and O–H groups in total. The fourth-order valence-electron chi connectivity index (χ4n) is 4.10. The highest BCUT2D eigenvalue weighted by atomic mass is 35.5. The number of halogens is 2. The molecule has 214 valence electrons. The summed E-state index contributed by atoms with van der Waals surface area (Å²) in [6.07, 6.45) is 1.02. The van der Waals surface area contributed by atoms with E-state index in [4.69, 9.17) is 32.7 Å². The Balaban J connectivity index is 2.00. The molecule has 12 heteroatoms. The Morgan fingerprint density at radius 3 is 2.31 bits per heavy atom. The second-order valence-electron chi connectivity index (χ2n) is 9.23. The summed E-state index contributed by atoms with van der Waals surface area (Å²) in [6.45, 7) is 7.32. The molecule has 0 fully saturated rings. The maximum atomic E-state index is 13.9. The van der Waals surface area contributed by atoms with Gasteiger partial charge in [-0.2, -0.15) is 0 Å². The fraction of sp³-hybridized carbons (Fsp3) is 0.481. The van der Waals surface area contributed by atoms with Gasteiger partial charge in [-0.25, -0.2) is 8.42 Å². The average molecular weight is 601 g/mol. The Morgan fingerprint density at radius 2 is 1.69 bits per heavy atom. The Bertz CT molecular complexity index is 1290. The minimum Gasteiger partial charge on any atom is -0.486 e. The van der Waals surface area contributed by atoms with Crippen molar-refractivity contribution in [3.8, 4) is 11.5 Å². The molecule has 0 radical (unpaired) electrons. The molecule has 2 atom stereocenters. The van der Waals surface area contributed by atoms with Crippen LogP contribution in [0.4, 0.5) is 5.69 Å². The van der Waals surface area contributed by atoms with Crippen molar-refractivity contribution in [2.45, 2.75) is 59.2 Å². The highest BCUT2D eigenvalue weighted by Crippen LogP contribution is 2.35. The molecule has 0 spiro atoms. The van der Waals surface area contributed by atoms with Gasteiger partial charge in [0.25, 0.3) is 0 Å². The Labute approximate surface area is 240 Å². The number of ether oxygens (including phenoxy) is 2. The number of carbonyl (C=O) groups is 2. The van der Waals surface area contributed by atoms with Gasteiger partial charge in [-0.3, -0.25) is 13.9 Å². The van der Waals surface area contributed by atoms with E-state index in [1.165, 1.54) is 11.8 Å². The number of sulfonamides is 1. The van der Waals surface area contributed by atoms with E-state index in [2.05, 4.69) is 5.32 Å². The molecule has 1 aliphatic rings. The van der Waals surface area contributed by atoms with Crippen molar-refractivity contribution >= 4 is 50.7 Å². The first-order chi connectivity index (χ1) is 18.5. The maximum Gasteiger partial charge on any atom is 0.244 e. The number of hydrogen-bond donors (Lipinski definition) is 1. The monoisotopic (exact) mass is 599 g/mol. The number of nitrogens with one attached hydrogen (secondary N) is 1. The van der Waals surface area contributed by atoms with E-state index < -0.39 is 28.5 Å². The van der Waals surface area contributed by atoms with Crippen LogP contribution in [0, 0.1) is 0 Å². The molecule has 0 aliphatic carbocycles. The van der Waals surface area contributed by atoms with E-state index in [1.54, 1.807) is 43.3 Å². The normalized spacial score (nSPS) is 14.3. The molecule has 1 heterocycles. The zero-order valence-electron chi connectivity index (χ0n) is 22.6. The van der Waals surface area contributed by atoms with Crippen LogP contribution in [-0.4, -0.2) is 62.7 Å². The summed E-state index contributed by atoms with van der Waals surface area (Å²) < 4.78 is 38.6. The second-order valence-corrected chi connectivity index (χ2v) is 12.3. The van der Waals surface area contributed by atoms with Crippen LogP contribution in [0.15, 0.2) is 36.4 Å². The van der Waals surface area contributed by atoms with Gasteiger partial charge in [0, 0.05) is 28.7 Å². The summed E-state index contributed by atoms with van der Waals surface area (Å²) in [5.74, 6) is -0.221. The van der Waals surface area contributed by atoms with Crippen LogP contribution in [0.25, 0.3) is 0 Å². The molecule has 0 bridgehead atoms. The number of carbonyl (C=O) groups excluding carboxylic acids is 2. The number of nitrogens with zero attached hydrogens (tertiary/aromatic N) is 2. The van der Waals surface area contributed by atoms with Crippen LogP contribution in [0.1, 0.15) is 46.1 Å². The molecule has 39 heavy (non-hydrogen) atoms. The van der Waals surface area contributed by atoms with Crippen LogP contribution in [0.2, 0.25) is 10.0 Å². The molecule has 0 aromatic heterocycles. The maximum absolute atomic E-state index is 13.9. The summed E-state index contributed by atoms with van der Waals surface area (Å²) in [7, 11) is -3.89. The molecule has 0 unspecified atom stereocenters. The SMILES string of the molecule is CC[C@H](C)NC(=O)[C@H](CC)N(Cc1ccc(Cl)cc1Cl)C(=O)CN(c1ccc2c(c1)OCCO2)S(=O)(=O)CC. The lowest BCUT2D eigenvalue weighted by Crippen LogP contribution is -2.53. The van der Waals surface area contributed by atoms with E-state index in [0.29, 0.717) is 53.2 Å². The van der Waals surface area contributed by atoms with Crippen molar-refractivity contribution < 1.29 is 27.5 Å². The van der Waals surface area contributed by atoms with Gasteiger partial charge in [-0.15, -0.1) is 0 Å². The fourth-order valence-corrected chi connectivity index (χ4v) is 5.62. The van der Waals surface area contributed by atoms with Crippen LogP contribution in [-0.2, 0) is 26.2 Å². The predicted octanol–water partition coefficient (Wildman–Crippen LogP) is 4.64. The number of benzene rings is 2. The summed E-state index contributed by atoms with van der Waals surface area (Å²) in [4.78, 5) is 28.6. The summed E-state index contributed by atoms with van der Waals surface area (Å²) in [6, 6.07) is 8.67. The van der Waals surface area contributed by atoms with Gasteiger partial charge in [0.1, 0.15) is 25.8 Å². The lowest BCUT2D eigenvalue weighted by Gasteiger charge is -2.34. The minimum atomic E-state index is -3.89. The third-order valence-corrected chi connectivity index (χ3v) is 8.86. The lowest BCUT2D eigenvalue weighted by atomic mass is 10.1. The molecule has 0 saturated carbocycles. The molecule has 3 rings (SSSR count). The van der Waals surface area contributed by atoms with Crippen molar-refractivity contribution in [1.82, 2.24) is 10.2 Å². The number of anilines is 1. The van der Waals surface area contributed by atoms with Crippen LogP contribution in [0.3, 0.4) is 0 Å². The van der Waals surface area contributed by atoms with Gasteiger partial charge in [0.2, 0.25) is 21.8 Å². The molecular weight excluding hydrogens is 565 g/mol. The van der Waals surface area contributed by atoms with E-state index in [-0.39, 0.29) is 29.9 Å². The summed E-state index contributed by atoms with van der Waals surface area (Å²) >= 11 is 12.5. The number of amides is 2. The van der Waals surface area contributed by atoms with Gasteiger partial charge in [0.05, 0.1) is 11.4 Å². The molecule has 1 aliphatic heterocycles. The van der Waals surface area contributed by atoms with Gasteiger partial charge >= 0.3 is 0 Å². The Kier molecular flexibility index (Phi) is 10.7. The first kappa shape index (κ1) is 30.8. The van der Waals surface area contributed by atoms with Crippen LogP contribution in [0.5, 0.6) is 11.5 Å². The van der Waals surface area contributed by atoms with E-state index in [1.807, 2.05) is 13.8 Å². The quantitative estimate of drug-likeness (QED) is 0.381. The first-order valence-corrected chi connectivity index (χ1v) is 15.3. The zero-order valence-corrected chi connectivity index (χ0v) is 24.9. The third kappa shape index (κ3) is 7.70. The van der Waals surface area contributed by atoms with Crippen LogP contribution < -0.4 is 19.1 Å². The topological polar surface area (TPSA) is 105 Å². The largest absolute Gasteiger partial charge is 0.486 e. The number of hydrogen-bond acceptors (Lipinski definition) is 6. The lowest BCUT2D eigenvalue weighted by molar-refractivity contribution is -0.140. The molecule has 0 saturated heterocycles. The first-order valence-electron chi connectivity index (χ1n) is 12.9. The van der Waals surface area contributed by atoms with Crippen molar-refractivity contribution in [2.75, 3.05) is 29.8 Å². The van der Waals surface area contributed by atoms with Crippen molar-refractivity contribution in [3.63, 3.8) is 0 Å². The van der Waals surface area contributed by atoms with Gasteiger partial charge in [0.15, 0.2) is 11.5 Å². The van der Waals surface area contributed by atoms with Crippen molar-refractivity contribution in [1.29, 1.82) is 0 Å². The van der Waals surface area contributed by atoms with E-state index in [9.17, 15) is 18.0 Å². The molecule has 2 amide bonds. The average Bonchev–Trinajstić information content (AvgIpc) is 2.92. The highest BCUT2D eigenvalue weighted by Gasteiger charge is 2.33. The van der Waals surface area contributed by atoms with E-state index >= 15 is 0 Å². The molecular formula is C27H35Cl2N3O6S. The van der Waals surface area contributed by atoms with Crippen LogP contribution >= 0.6 is 23.2 Å². The molecule has 2 aromatic rings. The van der Waals surface area contributed by atoms with E-state index in [0.717, 1.165) is 4.31 Å². The second kappa shape index (κ2) is 13.6. The Morgan fingerprint density at radius 1 is 1.00 bits per heavy atom. The highest BCUT2D eigenvalue weighted by molar-refractivity contribution is 7.92. The zero-order chi connectivity index (χ0) is 28.7. The van der Waals surface area contributed by atoms with Crippen molar-refractivity contribution in [3.05, 3.63) is 52.0 Å². The minimum absolute atomic E-state index is 0.0115. The molecule has 2 aromatic carbocycles. The number of rotatable bonds is 12.